The van der Waals surface area contributed by atoms with Gasteiger partial charge in [0.05, 0.1) is 5.02 Å². The van der Waals surface area contributed by atoms with Crippen LogP contribution in [-0.4, -0.2) is 5.11 Å². The monoisotopic (exact) mass is 268 g/mol. The molecule has 18 heavy (non-hydrogen) atoms. The van der Waals surface area contributed by atoms with Crippen LogP contribution in [0.25, 0.3) is 0 Å². The molecule has 4 heteroatoms. The van der Waals surface area contributed by atoms with Gasteiger partial charge in [-0.3, -0.25) is 0 Å². The van der Waals surface area contributed by atoms with E-state index in [1.165, 1.54) is 24.3 Å². The number of aliphatic hydroxyl groups is 1. The molecular weight excluding hydrogens is 258 g/mol. The van der Waals surface area contributed by atoms with Gasteiger partial charge in [-0.1, -0.05) is 23.7 Å². The molecule has 0 bridgehead atoms. The Morgan fingerprint density at radius 3 is 2.39 bits per heavy atom. The first-order valence-electron chi connectivity index (χ1n) is 5.37. The molecule has 0 amide bonds. The number of aryl methyl sites for hydroxylation is 1. The molecule has 2 aromatic carbocycles. The van der Waals surface area contributed by atoms with Crippen LogP contribution in [-0.2, 0) is 0 Å². The highest BCUT2D eigenvalue weighted by Gasteiger charge is 2.13. The van der Waals surface area contributed by atoms with E-state index < -0.39 is 17.7 Å². The Bertz CT molecular complexity index is 564. The molecule has 1 unspecified atom stereocenters. The second kappa shape index (κ2) is 5.04. The Balaban J connectivity index is 2.40. The first kappa shape index (κ1) is 13.0. The van der Waals surface area contributed by atoms with Gasteiger partial charge in [0, 0.05) is 0 Å². The summed E-state index contributed by atoms with van der Waals surface area (Å²) >= 11 is 5.57. The Labute approximate surface area is 109 Å². The summed E-state index contributed by atoms with van der Waals surface area (Å²) in [7, 11) is 0. The molecule has 2 aromatic rings. The highest BCUT2D eigenvalue weighted by molar-refractivity contribution is 6.30. The van der Waals surface area contributed by atoms with Crippen molar-refractivity contribution < 1.29 is 13.9 Å². The second-order valence-corrected chi connectivity index (χ2v) is 4.55. The van der Waals surface area contributed by atoms with Gasteiger partial charge in [0.15, 0.2) is 0 Å². The van der Waals surface area contributed by atoms with Gasteiger partial charge in [0.25, 0.3) is 0 Å². The summed E-state index contributed by atoms with van der Waals surface area (Å²) in [6.45, 7) is 1.72. The van der Waals surface area contributed by atoms with Crippen molar-refractivity contribution in [3.05, 3.63) is 69.7 Å². The third-order valence-electron chi connectivity index (χ3n) is 2.64. The van der Waals surface area contributed by atoms with Crippen molar-refractivity contribution in [1.29, 1.82) is 0 Å². The number of halogens is 3. The van der Waals surface area contributed by atoms with Crippen molar-refractivity contribution in [1.82, 2.24) is 0 Å². The zero-order valence-corrected chi connectivity index (χ0v) is 10.4. The average molecular weight is 269 g/mol. The third kappa shape index (κ3) is 2.68. The summed E-state index contributed by atoms with van der Waals surface area (Å²) in [6.07, 6.45) is -1.08. The molecule has 0 saturated heterocycles. The van der Waals surface area contributed by atoms with E-state index in [9.17, 15) is 13.9 Å². The minimum atomic E-state index is -1.08. The Kier molecular flexibility index (Phi) is 3.64. The van der Waals surface area contributed by atoms with Crippen LogP contribution in [0.15, 0.2) is 36.4 Å². The van der Waals surface area contributed by atoms with E-state index in [1.54, 1.807) is 13.0 Å². The summed E-state index contributed by atoms with van der Waals surface area (Å²) in [4.78, 5) is 0. The van der Waals surface area contributed by atoms with Crippen LogP contribution in [0.5, 0.6) is 0 Å². The van der Waals surface area contributed by atoms with E-state index >= 15 is 0 Å². The molecule has 94 valence electrons. The highest BCUT2D eigenvalue weighted by atomic mass is 35.5. The summed E-state index contributed by atoms with van der Waals surface area (Å²) < 4.78 is 26.5. The molecule has 1 nitrogen and oxygen atoms in total. The largest absolute Gasteiger partial charge is 0.384 e. The van der Waals surface area contributed by atoms with Gasteiger partial charge in [-0.2, -0.15) is 0 Å². The summed E-state index contributed by atoms with van der Waals surface area (Å²) in [5.41, 5.74) is 1.41. The predicted octanol–water partition coefficient (Wildman–Crippen LogP) is 4.01. The fourth-order valence-electron chi connectivity index (χ4n) is 1.80. The van der Waals surface area contributed by atoms with Crippen LogP contribution in [0.2, 0.25) is 5.02 Å². The van der Waals surface area contributed by atoms with Crippen LogP contribution in [0.3, 0.4) is 0 Å². The van der Waals surface area contributed by atoms with Crippen molar-refractivity contribution in [2.75, 3.05) is 0 Å². The smallest absolute Gasteiger partial charge is 0.142 e. The maximum atomic E-state index is 13.3. The average Bonchev–Trinajstić information content (AvgIpc) is 2.30. The number of rotatable bonds is 2. The van der Waals surface area contributed by atoms with Crippen molar-refractivity contribution in [2.45, 2.75) is 13.0 Å². The summed E-state index contributed by atoms with van der Waals surface area (Å²) in [5.74, 6) is -1.04. The maximum absolute atomic E-state index is 13.3. The third-order valence-corrected chi connectivity index (χ3v) is 2.95. The molecule has 0 saturated carbocycles. The fraction of sp³-hybridized carbons (Fsp3) is 0.143. The molecule has 0 radical (unpaired) electrons. The molecular formula is C14H11ClF2O. The van der Waals surface area contributed by atoms with Crippen LogP contribution < -0.4 is 0 Å². The van der Waals surface area contributed by atoms with Crippen LogP contribution in [0.4, 0.5) is 8.78 Å². The normalized spacial score (nSPS) is 12.5. The van der Waals surface area contributed by atoms with Gasteiger partial charge in [0.1, 0.15) is 17.7 Å². The minimum Gasteiger partial charge on any atom is -0.384 e. The van der Waals surface area contributed by atoms with Gasteiger partial charge in [0.2, 0.25) is 0 Å². The molecule has 0 aliphatic heterocycles. The van der Waals surface area contributed by atoms with Gasteiger partial charge >= 0.3 is 0 Å². The quantitative estimate of drug-likeness (QED) is 0.873. The highest BCUT2D eigenvalue weighted by Crippen LogP contribution is 2.26. The van der Waals surface area contributed by atoms with Crippen molar-refractivity contribution in [2.24, 2.45) is 0 Å². The zero-order chi connectivity index (χ0) is 13.3. The van der Waals surface area contributed by atoms with E-state index in [-0.39, 0.29) is 5.02 Å². The molecule has 0 spiro atoms. The SMILES string of the molecule is Cc1cc(F)cc(C(O)c2ccc(Cl)c(F)c2)c1. The Hall–Kier alpha value is -1.45. The number of aliphatic hydroxyl groups excluding tert-OH is 1. The van der Waals surface area contributed by atoms with Crippen molar-refractivity contribution >= 4 is 11.6 Å². The first-order chi connectivity index (χ1) is 8.47. The fourth-order valence-corrected chi connectivity index (χ4v) is 1.91. The molecule has 0 aliphatic rings. The lowest BCUT2D eigenvalue weighted by Gasteiger charge is -2.13. The summed E-state index contributed by atoms with van der Waals surface area (Å²) in [5, 5.41) is 10.1. The van der Waals surface area contributed by atoms with Gasteiger partial charge in [-0.05, 0) is 47.9 Å². The van der Waals surface area contributed by atoms with Crippen LogP contribution in [0, 0.1) is 18.6 Å². The maximum Gasteiger partial charge on any atom is 0.142 e. The van der Waals surface area contributed by atoms with E-state index in [2.05, 4.69) is 0 Å². The molecule has 1 N–H and O–H groups in total. The molecule has 2 rings (SSSR count). The molecule has 1 atom stereocenters. The molecule has 0 fully saturated rings. The summed E-state index contributed by atoms with van der Waals surface area (Å²) in [6, 6.07) is 8.26. The number of benzene rings is 2. The van der Waals surface area contributed by atoms with Gasteiger partial charge in [-0.25, -0.2) is 8.78 Å². The molecule has 0 heterocycles. The van der Waals surface area contributed by atoms with E-state index in [1.807, 2.05) is 0 Å². The molecule has 0 aliphatic carbocycles. The van der Waals surface area contributed by atoms with Crippen molar-refractivity contribution in [3.8, 4) is 0 Å². The Morgan fingerprint density at radius 1 is 1.06 bits per heavy atom. The Morgan fingerprint density at radius 2 is 1.78 bits per heavy atom. The lowest BCUT2D eigenvalue weighted by Crippen LogP contribution is -2.01. The van der Waals surface area contributed by atoms with Crippen LogP contribution >= 0.6 is 11.6 Å². The predicted molar refractivity (Wildman–Crippen MR) is 66.6 cm³/mol. The lowest BCUT2D eigenvalue weighted by molar-refractivity contribution is 0.219. The standard InChI is InChI=1S/C14H11ClF2O/c1-8-4-10(6-11(16)5-8)14(18)9-2-3-12(15)13(17)7-9/h2-7,14,18H,1H3. The van der Waals surface area contributed by atoms with Gasteiger partial charge in [-0.15, -0.1) is 0 Å². The van der Waals surface area contributed by atoms with E-state index in [4.69, 9.17) is 11.6 Å². The molecule has 0 aromatic heterocycles. The van der Waals surface area contributed by atoms with Crippen LogP contribution in [0.1, 0.15) is 22.8 Å². The van der Waals surface area contributed by atoms with Crippen molar-refractivity contribution in [3.63, 3.8) is 0 Å². The second-order valence-electron chi connectivity index (χ2n) is 4.14. The zero-order valence-electron chi connectivity index (χ0n) is 9.62. The first-order valence-corrected chi connectivity index (χ1v) is 5.75. The number of hydrogen-bond acceptors (Lipinski definition) is 1. The van der Waals surface area contributed by atoms with E-state index in [0.29, 0.717) is 16.7 Å². The topological polar surface area (TPSA) is 20.2 Å². The van der Waals surface area contributed by atoms with E-state index in [0.717, 1.165) is 6.07 Å². The van der Waals surface area contributed by atoms with Gasteiger partial charge < -0.3 is 5.11 Å². The number of hydrogen-bond donors (Lipinski definition) is 1. The minimum absolute atomic E-state index is 0.0126. The lowest BCUT2D eigenvalue weighted by atomic mass is 10.00.